The molecule has 1 unspecified atom stereocenters. The number of nitrogens with two attached hydrogens (primary N) is 1. The summed E-state index contributed by atoms with van der Waals surface area (Å²) < 4.78 is 0. The number of nitrogens with one attached hydrogen (secondary N) is 2. The van der Waals surface area contributed by atoms with Crippen LogP contribution in [0.2, 0.25) is 0 Å². The minimum absolute atomic E-state index is 0.415. The van der Waals surface area contributed by atoms with E-state index < -0.39 is 30.4 Å². The first-order chi connectivity index (χ1) is 8.49. The number of amides is 3. The highest BCUT2D eigenvalue weighted by molar-refractivity contribution is 7.99. The van der Waals surface area contributed by atoms with Gasteiger partial charge in [-0.25, -0.2) is 9.59 Å². The van der Waals surface area contributed by atoms with Crippen molar-refractivity contribution < 1.29 is 19.5 Å². The van der Waals surface area contributed by atoms with Crippen LogP contribution in [0.5, 0.6) is 0 Å². The molecule has 0 aromatic heterocycles. The van der Waals surface area contributed by atoms with Crippen LogP contribution in [0.15, 0.2) is 0 Å². The van der Waals surface area contributed by atoms with Crippen molar-refractivity contribution in [3.05, 3.63) is 0 Å². The van der Waals surface area contributed by atoms with Gasteiger partial charge in [-0.1, -0.05) is 0 Å². The lowest BCUT2D eigenvalue weighted by Gasteiger charge is -2.15. The van der Waals surface area contributed by atoms with Crippen LogP contribution in [-0.2, 0) is 9.59 Å². The zero-order chi connectivity index (χ0) is 13.5. The molecule has 1 rings (SSSR count). The third-order valence-corrected chi connectivity index (χ3v) is 3.82. The van der Waals surface area contributed by atoms with E-state index in [1.54, 1.807) is 0 Å². The van der Waals surface area contributed by atoms with Crippen molar-refractivity contribution in [2.45, 2.75) is 18.9 Å². The molecule has 3 amide bonds. The third kappa shape index (κ3) is 5.26. The monoisotopic (exact) mass is 275 g/mol. The van der Waals surface area contributed by atoms with Gasteiger partial charge in [-0.3, -0.25) is 4.79 Å². The van der Waals surface area contributed by atoms with Gasteiger partial charge in [0.05, 0.1) is 6.42 Å². The van der Waals surface area contributed by atoms with E-state index in [1.165, 1.54) is 0 Å². The number of rotatable bonds is 6. The van der Waals surface area contributed by atoms with Crippen molar-refractivity contribution >= 4 is 29.7 Å². The molecular formula is C10H17N3O4S. The Labute approximate surface area is 109 Å². The van der Waals surface area contributed by atoms with E-state index in [0.717, 1.165) is 17.9 Å². The SMILES string of the molecule is NC(=O)C[C@@H](NC(=O)NCC1CCSC1)C(=O)O. The molecule has 0 saturated carbocycles. The summed E-state index contributed by atoms with van der Waals surface area (Å²) in [4.78, 5) is 32.9. The maximum absolute atomic E-state index is 11.5. The first-order valence-electron chi connectivity index (χ1n) is 5.62. The molecule has 1 aliphatic rings. The molecule has 0 aromatic carbocycles. The maximum atomic E-state index is 11.5. The average molecular weight is 275 g/mol. The standard InChI is InChI=1S/C10H17N3O4S/c11-8(14)3-7(9(15)16)13-10(17)12-4-6-1-2-18-5-6/h6-7H,1-5H2,(H2,11,14)(H,15,16)(H2,12,13,17)/t6?,7-/m1/s1. The van der Waals surface area contributed by atoms with E-state index in [1.807, 2.05) is 11.8 Å². The summed E-state index contributed by atoms with van der Waals surface area (Å²) in [5.41, 5.74) is 4.90. The highest BCUT2D eigenvalue weighted by Crippen LogP contribution is 2.22. The first-order valence-corrected chi connectivity index (χ1v) is 6.77. The number of carbonyl (C=O) groups is 3. The fourth-order valence-electron chi connectivity index (χ4n) is 1.59. The fraction of sp³-hybridized carbons (Fsp3) is 0.700. The Bertz CT molecular complexity index is 331. The van der Waals surface area contributed by atoms with E-state index in [2.05, 4.69) is 10.6 Å². The largest absolute Gasteiger partial charge is 0.480 e. The average Bonchev–Trinajstić information content (AvgIpc) is 2.77. The third-order valence-electron chi connectivity index (χ3n) is 2.58. The van der Waals surface area contributed by atoms with Crippen molar-refractivity contribution in [1.29, 1.82) is 0 Å². The summed E-state index contributed by atoms with van der Waals surface area (Å²) in [7, 11) is 0. The second-order valence-electron chi connectivity index (χ2n) is 4.15. The molecule has 1 saturated heterocycles. The molecule has 0 spiro atoms. The fourth-order valence-corrected chi connectivity index (χ4v) is 2.88. The number of carboxylic acid groups (broad SMARTS) is 1. The molecule has 102 valence electrons. The molecule has 0 radical (unpaired) electrons. The summed E-state index contributed by atoms with van der Waals surface area (Å²) >= 11 is 1.83. The summed E-state index contributed by atoms with van der Waals surface area (Å²) in [5.74, 6) is 0.479. The first kappa shape index (κ1) is 14.6. The van der Waals surface area contributed by atoms with Gasteiger partial charge >= 0.3 is 12.0 Å². The van der Waals surface area contributed by atoms with Gasteiger partial charge in [0.25, 0.3) is 0 Å². The normalized spacial score (nSPS) is 20.1. The van der Waals surface area contributed by atoms with E-state index in [0.29, 0.717) is 12.5 Å². The Kier molecular flexibility index (Phi) is 5.76. The second kappa shape index (κ2) is 7.10. The van der Waals surface area contributed by atoms with E-state index >= 15 is 0 Å². The molecule has 0 aromatic rings. The van der Waals surface area contributed by atoms with Crippen LogP contribution in [0.1, 0.15) is 12.8 Å². The van der Waals surface area contributed by atoms with E-state index in [-0.39, 0.29) is 0 Å². The van der Waals surface area contributed by atoms with Crippen LogP contribution < -0.4 is 16.4 Å². The van der Waals surface area contributed by atoms with Crippen LogP contribution in [0, 0.1) is 5.92 Å². The Morgan fingerprint density at radius 2 is 2.17 bits per heavy atom. The molecule has 1 fully saturated rings. The summed E-state index contributed by atoms with van der Waals surface area (Å²) in [6.45, 7) is 0.516. The van der Waals surface area contributed by atoms with Gasteiger partial charge in [-0.15, -0.1) is 0 Å². The zero-order valence-electron chi connectivity index (χ0n) is 9.85. The van der Waals surface area contributed by atoms with E-state index in [4.69, 9.17) is 10.8 Å². The summed E-state index contributed by atoms with van der Waals surface area (Å²) in [5, 5.41) is 13.6. The number of hydrogen-bond donors (Lipinski definition) is 4. The molecule has 7 nitrogen and oxygen atoms in total. The topological polar surface area (TPSA) is 122 Å². The molecule has 18 heavy (non-hydrogen) atoms. The molecule has 0 aliphatic carbocycles. The smallest absolute Gasteiger partial charge is 0.326 e. The Hall–Kier alpha value is -1.44. The molecular weight excluding hydrogens is 258 g/mol. The van der Waals surface area contributed by atoms with Crippen LogP contribution in [0.4, 0.5) is 4.79 Å². The predicted molar refractivity (Wildman–Crippen MR) is 67.2 cm³/mol. The van der Waals surface area contributed by atoms with E-state index in [9.17, 15) is 14.4 Å². The van der Waals surface area contributed by atoms with Crippen molar-refractivity contribution in [2.24, 2.45) is 11.7 Å². The van der Waals surface area contributed by atoms with Gasteiger partial charge in [-0.2, -0.15) is 11.8 Å². The number of thioether (sulfide) groups is 1. The number of carboxylic acids is 1. The van der Waals surface area contributed by atoms with Crippen molar-refractivity contribution in [1.82, 2.24) is 10.6 Å². The Morgan fingerprint density at radius 1 is 1.44 bits per heavy atom. The number of carbonyl (C=O) groups excluding carboxylic acids is 2. The predicted octanol–water partition coefficient (Wildman–Crippen LogP) is -0.633. The van der Waals surface area contributed by atoms with Crippen molar-refractivity contribution in [3.63, 3.8) is 0 Å². The van der Waals surface area contributed by atoms with Crippen LogP contribution >= 0.6 is 11.8 Å². The lowest BCUT2D eigenvalue weighted by atomic mass is 10.1. The van der Waals surface area contributed by atoms with Gasteiger partial charge in [-0.05, 0) is 23.8 Å². The lowest BCUT2D eigenvalue weighted by molar-refractivity contribution is -0.140. The summed E-state index contributed by atoms with van der Waals surface area (Å²) in [6, 6.07) is -1.86. The molecule has 2 atom stereocenters. The van der Waals surface area contributed by atoms with Crippen molar-refractivity contribution in [3.8, 4) is 0 Å². The molecule has 1 heterocycles. The van der Waals surface area contributed by atoms with Gasteiger partial charge in [0, 0.05) is 6.54 Å². The Balaban J connectivity index is 2.31. The second-order valence-corrected chi connectivity index (χ2v) is 5.30. The molecule has 5 N–H and O–H groups in total. The number of primary amides is 1. The Morgan fingerprint density at radius 3 is 2.67 bits per heavy atom. The molecule has 8 heteroatoms. The van der Waals surface area contributed by atoms with Gasteiger partial charge in [0.15, 0.2) is 0 Å². The minimum Gasteiger partial charge on any atom is -0.480 e. The van der Waals surface area contributed by atoms with Crippen LogP contribution in [0.3, 0.4) is 0 Å². The van der Waals surface area contributed by atoms with Crippen molar-refractivity contribution in [2.75, 3.05) is 18.1 Å². The minimum atomic E-state index is -1.28. The van der Waals surface area contributed by atoms with Gasteiger partial charge in [0.2, 0.25) is 5.91 Å². The number of urea groups is 1. The number of aliphatic carboxylic acids is 1. The van der Waals surface area contributed by atoms with Gasteiger partial charge in [0.1, 0.15) is 6.04 Å². The van der Waals surface area contributed by atoms with Crippen LogP contribution in [-0.4, -0.2) is 47.1 Å². The maximum Gasteiger partial charge on any atom is 0.326 e. The van der Waals surface area contributed by atoms with Gasteiger partial charge < -0.3 is 21.5 Å². The molecule has 0 bridgehead atoms. The number of hydrogen-bond acceptors (Lipinski definition) is 4. The zero-order valence-corrected chi connectivity index (χ0v) is 10.7. The van der Waals surface area contributed by atoms with Crippen LogP contribution in [0.25, 0.3) is 0 Å². The quantitative estimate of drug-likeness (QED) is 0.514. The highest BCUT2D eigenvalue weighted by Gasteiger charge is 2.23. The molecule has 1 aliphatic heterocycles. The highest BCUT2D eigenvalue weighted by atomic mass is 32.2. The lowest BCUT2D eigenvalue weighted by Crippen LogP contribution is -2.48. The summed E-state index contributed by atoms with van der Waals surface area (Å²) in [6.07, 6.45) is 0.636.